The summed E-state index contributed by atoms with van der Waals surface area (Å²) < 4.78 is 16.5. The molecule has 0 unspecified atom stereocenters. The van der Waals surface area contributed by atoms with Crippen molar-refractivity contribution < 1.29 is 14.2 Å². The van der Waals surface area contributed by atoms with Crippen LogP contribution in [0.1, 0.15) is 34.1 Å². The van der Waals surface area contributed by atoms with Crippen LogP contribution in [0.5, 0.6) is 11.8 Å². The van der Waals surface area contributed by atoms with Gasteiger partial charge in [0.05, 0.1) is 12.3 Å². The maximum atomic E-state index is 5.82. The molecule has 0 radical (unpaired) electrons. The number of rotatable bonds is 7. The fourth-order valence-electron chi connectivity index (χ4n) is 1.34. The molecule has 108 valence electrons. The van der Waals surface area contributed by atoms with E-state index in [-0.39, 0.29) is 5.60 Å². The fourth-order valence-corrected chi connectivity index (χ4v) is 1.34. The van der Waals surface area contributed by atoms with Crippen LogP contribution in [0, 0.1) is 0 Å². The van der Waals surface area contributed by atoms with Gasteiger partial charge in [-0.3, -0.25) is 0 Å². The Hall–Kier alpha value is -1.49. The van der Waals surface area contributed by atoms with Crippen molar-refractivity contribution in [3.05, 3.63) is 12.1 Å². The van der Waals surface area contributed by atoms with Gasteiger partial charge >= 0.3 is 0 Å². The molecule has 0 aromatic carbocycles. The van der Waals surface area contributed by atoms with Crippen LogP contribution < -0.4 is 15.2 Å². The molecule has 0 bridgehead atoms. The first-order valence-electron chi connectivity index (χ1n) is 6.58. The van der Waals surface area contributed by atoms with Gasteiger partial charge in [0.2, 0.25) is 11.8 Å². The molecule has 0 saturated carbocycles. The number of hydrogen-bond donors (Lipinski definition) is 1. The van der Waals surface area contributed by atoms with Crippen LogP contribution in [-0.4, -0.2) is 30.4 Å². The molecular weight excluding hydrogens is 244 g/mol. The van der Waals surface area contributed by atoms with E-state index in [1.165, 1.54) is 0 Å². The minimum absolute atomic E-state index is 0.343. The van der Waals surface area contributed by atoms with Crippen LogP contribution in [0.25, 0.3) is 0 Å². The molecule has 0 aliphatic carbocycles. The monoisotopic (exact) mass is 268 g/mol. The highest BCUT2D eigenvalue weighted by Gasteiger charge is 2.15. The van der Waals surface area contributed by atoms with E-state index < -0.39 is 0 Å². The summed E-state index contributed by atoms with van der Waals surface area (Å²) in [5, 5.41) is 0. The van der Waals surface area contributed by atoms with E-state index in [0.717, 1.165) is 13.0 Å². The van der Waals surface area contributed by atoms with Crippen molar-refractivity contribution in [1.82, 2.24) is 4.98 Å². The molecule has 19 heavy (non-hydrogen) atoms. The van der Waals surface area contributed by atoms with Crippen molar-refractivity contribution in [1.29, 1.82) is 0 Å². The molecule has 0 saturated heterocycles. The van der Waals surface area contributed by atoms with E-state index in [2.05, 4.69) is 11.9 Å². The molecule has 0 aliphatic heterocycles. The third-order valence-electron chi connectivity index (χ3n) is 2.09. The van der Waals surface area contributed by atoms with Crippen molar-refractivity contribution in [2.24, 2.45) is 0 Å². The number of nitrogens with two attached hydrogens (primary N) is 1. The number of ether oxygens (including phenoxy) is 3. The Morgan fingerprint density at radius 3 is 2.53 bits per heavy atom. The first kappa shape index (κ1) is 15.6. The van der Waals surface area contributed by atoms with Crippen LogP contribution in [0.3, 0.4) is 0 Å². The maximum Gasteiger partial charge on any atom is 0.241 e. The summed E-state index contributed by atoms with van der Waals surface area (Å²) in [6.45, 7) is 9.66. The van der Waals surface area contributed by atoms with E-state index in [9.17, 15) is 0 Å². The predicted molar refractivity (Wildman–Crippen MR) is 75.6 cm³/mol. The summed E-state index contributed by atoms with van der Waals surface area (Å²) in [5.41, 5.74) is 5.98. The lowest BCUT2D eigenvalue weighted by Gasteiger charge is -2.21. The average Bonchev–Trinajstić information content (AvgIpc) is 2.31. The second-order valence-electron chi connectivity index (χ2n) is 5.22. The van der Waals surface area contributed by atoms with E-state index in [0.29, 0.717) is 30.7 Å². The molecule has 1 aromatic rings. The molecule has 1 rings (SSSR count). The molecule has 5 heteroatoms. The van der Waals surface area contributed by atoms with E-state index in [1.807, 2.05) is 20.8 Å². The van der Waals surface area contributed by atoms with Gasteiger partial charge < -0.3 is 19.9 Å². The van der Waals surface area contributed by atoms with E-state index >= 15 is 0 Å². The topological polar surface area (TPSA) is 66.6 Å². The number of aromatic nitrogens is 1. The van der Waals surface area contributed by atoms with Crippen LogP contribution in [0.15, 0.2) is 12.1 Å². The Morgan fingerprint density at radius 2 is 1.89 bits per heavy atom. The quantitative estimate of drug-likeness (QED) is 0.770. The molecule has 1 aromatic heterocycles. The first-order valence-corrected chi connectivity index (χ1v) is 6.58. The number of anilines is 1. The van der Waals surface area contributed by atoms with Gasteiger partial charge in [0.1, 0.15) is 12.2 Å². The highest BCUT2D eigenvalue weighted by atomic mass is 16.5. The highest BCUT2D eigenvalue weighted by Crippen LogP contribution is 2.25. The summed E-state index contributed by atoms with van der Waals surface area (Å²) in [4.78, 5) is 4.25. The fraction of sp³-hybridized carbons (Fsp3) is 0.643. The van der Waals surface area contributed by atoms with Crippen LogP contribution in [0.2, 0.25) is 0 Å². The van der Waals surface area contributed by atoms with E-state index in [4.69, 9.17) is 19.9 Å². The lowest BCUT2D eigenvalue weighted by Crippen LogP contribution is -2.24. The minimum atomic E-state index is -0.343. The molecule has 2 N–H and O–H groups in total. The molecule has 0 amide bonds. The summed E-state index contributed by atoms with van der Waals surface area (Å²) in [5.74, 6) is 0.896. The molecule has 5 nitrogen and oxygen atoms in total. The van der Waals surface area contributed by atoms with Crippen molar-refractivity contribution >= 4 is 5.69 Å². The van der Waals surface area contributed by atoms with Gasteiger partial charge in [-0.15, -0.1) is 0 Å². The lowest BCUT2D eigenvalue weighted by atomic mass is 10.2. The SMILES string of the molecule is CCCOCCOc1ccc(N)c(OC(C)(C)C)n1. The van der Waals surface area contributed by atoms with Gasteiger partial charge in [-0.1, -0.05) is 6.92 Å². The zero-order valence-electron chi connectivity index (χ0n) is 12.2. The Bertz CT molecular complexity index is 389. The minimum Gasteiger partial charge on any atom is -0.475 e. The van der Waals surface area contributed by atoms with Gasteiger partial charge in [0.15, 0.2) is 0 Å². The molecule has 0 aliphatic rings. The Balaban J connectivity index is 2.53. The lowest BCUT2D eigenvalue weighted by molar-refractivity contribution is 0.0967. The largest absolute Gasteiger partial charge is 0.475 e. The van der Waals surface area contributed by atoms with Crippen molar-refractivity contribution in [3.63, 3.8) is 0 Å². The number of nitrogens with zero attached hydrogens (tertiary/aromatic N) is 1. The van der Waals surface area contributed by atoms with Crippen molar-refractivity contribution in [3.8, 4) is 11.8 Å². The van der Waals surface area contributed by atoms with Gasteiger partial charge in [0, 0.05) is 12.7 Å². The van der Waals surface area contributed by atoms with Gasteiger partial charge in [-0.25, -0.2) is 0 Å². The number of hydrogen-bond acceptors (Lipinski definition) is 5. The maximum absolute atomic E-state index is 5.82. The second-order valence-corrected chi connectivity index (χ2v) is 5.22. The second kappa shape index (κ2) is 7.19. The van der Waals surface area contributed by atoms with Crippen molar-refractivity contribution in [2.75, 3.05) is 25.6 Å². The van der Waals surface area contributed by atoms with Gasteiger partial charge in [-0.05, 0) is 33.3 Å². The molecule has 0 fully saturated rings. The molecular formula is C14H24N2O3. The Morgan fingerprint density at radius 1 is 1.16 bits per heavy atom. The first-order chi connectivity index (χ1) is 8.92. The predicted octanol–water partition coefficient (Wildman–Crippen LogP) is 2.65. The third kappa shape index (κ3) is 6.29. The van der Waals surface area contributed by atoms with Crippen LogP contribution in [-0.2, 0) is 4.74 Å². The summed E-state index contributed by atoms with van der Waals surface area (Å²) in [7, 11) is 0. The Kier molecular flexibility index (Phi) is 5.89. The average molecular weight is 268 g/mol. The highest BCUT2D eigenvalue weighted by molar-refractivity contribution is 5.49. The number of nitrogen functional groups attached to an aromatic ring is 1. The van der Waals surface area contributed by atoms with Gasteiger partial charge in [0.25, 0.3) is 0 Å². The third-order valence-corrected chi connectivity index (χ3v) is 2.09. The zero-order chi connectivity index (χ0) is 14.3. The molecule has 0 atom stereocenters. The molecule has 1 heterocycles. The Labute approximate surface area is 115 Å². The molecule has 0 spiro atoms. The summed E-state index contributed by atoms with van der Waals surface area (Å²) in [6.07, 6.45) is 1.00. The number of pyridine rings is 1. The summed E-state index contributed by atoms with van der Waals surface area (Å²) in [6, 6.07) is 3.46. The van der Waals surface area contributed by atoms with Crippen molar-refractivity contribution in [2.45, 2.75) is 39.7 Å². The van der Waals surface area contributed by atoms with Crippen LogP contribution in [0.4, 0.5) is 5.69 Å². The smallest absolute Gasteiger partial charge is 0.241 e. The van der Waals surface area contributed by atoms with Crippen LogP contribution >= 0.6 is 0 Å². The standard InChI is InChI=1S/C14H24N2O3/c1-5-8-17-9-10-18-12-7-6-11(15)13(16-12)19-14(2,3)4/h6-7H,5,8-10,15H2,1-4H3. The van der Waals surface area contributed by atoms with E-state index in [1.54, 1.807) is 12.1 Å². The zero-order valence-corrected chi connectivity index (χ0v) is 12.2. The van der Waals surface area contributed by atoms with Gasteiger partial charge in [-0.2, -0.15) is 4.98 Å². The summed E-state index contributed by atoms with van der Waals surface area (Å²) >= 11 is 0. The normalized spacial score (nSPS) is 11.4.